The van der Waals surface area contributed by atoms with E-state index in [4.69, 9.17) is 0 Å². The maximum absolute atomic E-state index is 4.67. The Balaban J connectivity index is 1.42. The van der Waals surface area contributed by atoms with Crippen molar-refractivity contribution < 1.29 is 0 Å². The quantitative estimate of drug-likeness (QED) is 0.849. The summed E-state index contributed by atoms with van der Waals surface area (Å²) in [6, 6.07) is 0.697. The summed E-state index contributed by atoms with van der Waals surface area (Å²) in [5.41, 5.74) is 0. The molecule has 0 aromatic rings. The second-order valence-electron chi connectivity index (χ2n) is 5.37. The van der Waals surface area contributed by atoms with Crippen LogP contribution in [0.5, 0.6) is 0 Å². The minimum Gasteiger partial charge on any atom is -0.362 e. The van der Waals surface area contributed by atoms with E-state index < -0.39 is 0 Å². The highest BCUT2D eigenvalue weighted by molar-refractivity contribution is 8.14. The predicted molar refractivity (Wildman–Crippen MR) is 79.1 cm³/mol. The SMILES string of the molecule is CCSC1CCC(NC2=NCC(C3CC3)S2)C1. The third kappa shape index (κ3) is 3.14. The Bertz CT molecular complexity index is 302. The van der Waals surface area contributed by atoms with Crippen molar-refractivity contribution in [3.63, 3.8) is 0 Å². The standard InChI is InChI=1S/C13H22N2S2/c1-2-16-11-6-5-10(7-11)15-13-14-8-12(17-13)9-3-4-9/h9-12H,2-8H2,1H3,(H,14,15). The van der Waals surface area contributed by atoms with E-state index in [1.807, 2.05) is 11.8 Å². The third-order valence-electron chi connectivity index (χ3n) is 3.94. The van der Waals surface area contributed by atoms with Crippen molar-refractivity contribution in [1.29, 1.82) is 0 Å². The average molecular weight is 270 g/mol. The molecule has 0 amide bonds. The number of amidine groups is 1. The summed E-state index contributed by atoms with van der Waals surface area (Å²) in [5, 5.41) is 6.62. The molecule has 2 fully saturated rings. The Morgan fingerprint density at radius 1 is 1.35 bits per heavy atom. The molecular formula is C13H22N2S2. The van der Waals surface area contributed by atoms with Gasteiger partial charge in [0.15, 0.2) is 5.17 Å². The molecule has 1 aliphatic heterocycles. The molecule has 17 heavy (non-hydrogen) atoms. The van der Waals surface area contributed by atoms with Crippen LogP contribution in [0.2, 0.25) is 0 Å². The number of hydrogen-bond acceptors (Lipinski definition) is 4. The molecule has 3 rings (SSSR count). The Hall–Kier alpha value is 0.170. The molecule has 0 spiro atoms. The second kappa shape index (κ2) is 5.43. The molecular weight excluding hydrogens is 248 g/mol. The normalized spacial score (nSPS) is 37.2. The summed E-state index contributed by atoms with van der Waals surface area (Å²) in [7, 11) is 0. The Labute approximate surface area is 113 Å². The predicted octanol–water partition coefficient (Wildman–Crippen LogP) is 3.13. The van der Waals surface area contributed by atoms with E-state index in [-0.39, 0.29) is 0 Å². The van der Waals surface area contributed by atoms with Crippen LogP contribution in [0.4, 0.5) is 0 Å². The van der Waals surface area contributed by atoms with E-state index in [0.29, 0.717) is 6.04 Å². The van der Waals surface area contributed by atoms with Gasteiger partial charge in [-0.05, 0) is 43.8 Å². The highest BCUT2D eigenvalue weighted by atomic mass is 32.2. The van der Waals surface area contributed by atoms with E-state index in [1.165, 1.54) is 43.0 Å². The minimum atomic E-state index is 0.697. The van der Waals surface area contributed by atoms with Crippen LogP contribution in [0.1, 0.15) is 39.0 Å². The number of nitrogens with one attached hydrogen (secondary N) is 1. The molecule has 2 nitrogen and oxygen atoms in total. The molecule has 0 bridgehead atoms. The lowest BCUT2D eigenvalue weighted by Crippen LogP contribution is -2.30. The van der Waals surface area contributed by atoms with Crippen LogP contribution in [0.25, 0.3) is 0 Å². The molecule has 0 saturated heterocycles. The molecule has 0 aromatic heterocycles. The topological polar surface area (TPSA) is 24.4 Å². The van der Waals surface area contributed by atoms with Crippen LogP contribution in [-0.2, 0) is 0 Å². The monoisotopic (exact) mass is 270 g/mol. The van der Waals surface area contributed by atoms with Gasteiger partial charge in [0, 0.05) is 16.5 Å². The van der Waals surface area contributed by atoms with Gasteiger partial charge in [0.05, 0.1) is 6.54 Å². The molecule has 2 saturated carbocycles. The minimum absolute atomic E-state index is 0.697. The molecule has 2 aliphatic carbocycles. The molecule has 1 heterocycles. The highest BCUT2D eigenvalue weighted by Gasteiger charge is 2.36. The molecule has 1 N–H and O–H groups in total. The van der Waals surface area contributed by atoms with E-state index >= 15 is 0 Å². The summed E-state index contributed by atoms with van der Waals surface area (Å²) in [6.45, 7) is 3.33. The van der Waals surface area contributed by atoms with Gasteiger partial charge >= 0.3 is 0 Å². The molecule has 4 heteroatoms. The van der Waals surface area contributed by atoms with Crippen molar-refractivity contribution in [3.8, 4) is 0 Å². The zero-order valence-electron chi connectivity index (χ0n) is 10.5. The Kier molecular flexibility index (Phi) is 3.90. The number of nitrogens with zero attached hydrogens (tertiary/aromatic N) is 1. The third-order valence-corrected chi connectivity index (χ3v) is 6.48. The summed E-state index contributed by atoms with van der Waals surface area (Å²) >= 11 is 4.14. The van der Waals surface area contributed by atoms with Crippen molar-refractivity contribution in [2.24, 2.45) is 10.9 Å². The van der Waals surface area contributed by atoms with Crippen molar-refractivity contribution in [2.75, 3.05) is 12.3 Å². The zero-order chi connectivity index (χ0) is 11.7. The number of aliphatic imine (C=N–C) groups is 1. The van der Waals surface area contributed by atoms with Crippen molar-refractivity contribution in [1.82, 2.24) is 5.32 Å². The second-order valence-corrected chi connectivity index (χ2v) is 8.18. The molecule has 3 unspecified atom stereocenters. The smallest absolute Gasteiger partial charge is 0.157 e. The molecule has 0 radical (unpaired) electrons. The Morgan fingerprint density at radius 2 is 2.24 bits per heavy atom. The van der Waals surface area contributed by atoms with Gasteiger partial charge in [-0.25, -0.2) is 0 Å². The summed E-state index contributed by atoms with van der Waals surface area (Å²) in [6.07, 6.45) is 6.95. The van der Waals surface area contributed by atoms with Crippen molar-refractivity contribution in [3.05, 3.63) is 0 Å². The summed E-state index contributed by atoms with van der Waals surface area (Å²) in [5.74, 6) is 2.24. The largest absolute Gasteiger partial charge is 0.362 e. The van der Waals surface area contributed by atoms with Crippen LogP contribution < -0.4 is 5.32 Å². The maximum atomic E-state index is 4.67. The maximum Gasteiger partial charge on any atom is 0.157 e. The van der Waals surface area contributed by atoms with E-state index in [1.54, 1.807) is 0 Å². The first-order valence-electron chi connectivity index (χ1n) is 6.94. The number of rotatable bonds is 4. The first kappa shape index (κ1) is 12.2. The fourth-order valence-electron chi connectivity index (χ4n) is 2.82. The van der Waals surface area contributed by atoms with Gasteiger partial charge < -0.3 is 5.32 Å². The number of thioether (sulfide) groups is 2. The fraction of sp³-hybridized carbons (Fsp3) is 0.923. The van der Waals surface area contributed by atoms with E-state index in [0.717, 1.165) is 23.0 Å². The Morgan fingerprint density at radius 3 is 3.00 bits per heavy atom. The van der Waals surface area contributed by atoms with Crippen molar-refractivity contribution in [2.45, 2.75) is 55.6 Å². The van der Waals surface area contributed by atoms with Gasteiger partial charge in [0.2, 0.25) is 0 Å². The van der Waals surface area contributed by atoms with Gasteiger partial charge in [-0.1, -0.05) is 18.7 Å². The zero-order valence-corrected chi connectivity index (χ0v) is 12.2. The molecule has 0 aromatic carbocycles. The van der Waals surface area contributed by atoms with Gasteiger partial charge in [-0.15, -0.1) is 0 Å². The lowest BCUT2D eigenvalue weighted by molar-refractivity contribution is 0.636. The fourth-order valence-corrected chi connectivity index (χ4v) is 5.24. The summed E-state index contributed by atoms with van der Waals surface area (Å²) in [4.78, 5) is 4.67. The van der Waals surface area contributed by atoms with Crippen LogP contribution in [0.15, 0.2) is 4.99 Å². The van der Waals surface area contributed by atoms with Crippen LogP contribution in [0, 0.1) is 5.92 Å². The van der Waals surface area contributed by atoms with Gasteiger partial charge in [0.25, 0.3) is 0 Å². The summed E-state index contributed by atoms with van der Waals surface area (Å²) < 4.78 is 0. The number of hydrogen-bond donors (Lipinski definition) is 1. The van der Waals surface area contributed by atoms with Crippen LogP contribution in [-0.4, -0.2) is 34.0 Å². The molecule has 96 valence electrons. The van der Waals surface area contributed by atoms with Gasteiger partial charge in [-0.2, -0.15) is 11.8 Å². The van der Waals surface area contributed by atoms with E-state index in [2.05, 4.69) is 29.0 Å². The van der Waals surface area contributed by atoms with Crippen molar-refractivity contribution >= 4 is 28.7 Å². The van der Waals surface area contributed by atoms with Gasteiger partial charge in [0.1, 0.15) is 0 Å². The lowest BCUT2D eigenvalue weighted by atomic mass is 10.3. The average Bonchev–Trinajstić information content (AvgIpc) is 2.92. The van der Waals surface area contributed by atoms with Crippen LogP contribution in [0.3, 0.4) is 0 Å². The first-order chi connectivity index (χ1) is 8.35. The van der Waals surface area contributed by atoms with Gasteiger partial charge in [-0.3, -0.25) is 4.99 Å². The van der Waals surface area contributed by atoms with Crippen LogP contribution >= 0.6 is 23.5 Å². The molecule has 3 atom stereocenters. The lowest BCUT2D eigenvalue weighted by Gasteiger charge is -2.14. The molecule has 3 aliphatic rings. The highest BCUT2D eigenvalue weighted by Crippen LogP contribution is 2.41. The van der Waals surface area contributed by atoms with E-state index in [9.17, 15) is 0 Å². The first-order valence-corrected chi connectivity index (χ1v) is 8.87.